The van der Waals surface area contributed by atoms with E-state index in [-0.39, 0.29) is 0 Å². The van der Waals surface area contributed by atoms with Crippen LogP contribution in [-0.4, -0.2) is 30.1 Å². The second-order valence-corrected chi connectivity index (χ2v) is 3.68. The number of fused-ring (bicyclic) bond motifs is 1. The molecule has 0 saturated carbocycles. The number of hydrogen-bond donors (Lipinski definition) is 2. The molecule has 1 aromatic heterocycles. The lowest BCUT2D eigenvalue weighted by molar-refractivity contribution is 0.820. The lowest BCUT2D eigenvalue weighted by Crippen LogP contribution is -2.18. The summed E-state index contributed by atoms with van der Waals surface area (Å²) in [6.45, 7) is 3.74. The van der Waals surface area contributed by atoms with E-state index in [1.807, 2.05) is 38.2 Å². The highest BCUT2D eigenvalue weighted by Gasteiger charge is 2.03. The minimum atomic E-state index is 0.852. The summed E-state index contributed by atoms with van der Waals surface area (Å²) in [7, 11) is 1.93. The first kappa shape index (κ1) is 10.8. The van der Waals surface area contributed by atoms with Crippen molar-refractivity contribution in [2.75, 3.05) is 25.5 Å². The minimum Gasteiger partial charge on any atom is -0.367 e. The topological polar surface area (TPSA) is 49.8 Å². The average Bonchev–Trinajstić information content (AvgIpc) is 2.30. The summed E-state index contributed by atoms with van der Waals surface area (Å²) < 4.78 is 0. The quantitative estimate of drug-likeness (QED) is 0.762. The van der Waals surface area contributed by atoms with E-state index in [4.69, 9.17) is 0 Å². The van der Waals surface area contributed by atoms with E-state index in [1.54, 1.807) is 0 Å². The molecular formula is C12H16N4. The SMILES string of the molecule is CNCCNc1nc2ccccc2nc1C. The highest BCUT2D eigenvalue weighted by atomic mass is 15.0. The molecule has 84 valence electrons. The molecule has 0 saturated heterocycles. The van der Waals surface area contributed by atoms with Crippen LogP contribution in [0.4, 0.5) is 5.82 Å². The van der Waals surface area contributed by atoms with Crippen molar-refractivity contribution in [1.82, 2.24) is 15.3 Å². The fourth-order valence-electron chi connectivity index (χ4n) is 1.56. The molecule has 2 aromatic rings. The van der Waals surface area contributed by atoms with Gasteiger partial charge in [0.25, 0.3) is 0 Å². The van der Waals surface area contributed by atoms with Crippen molar-refractivity contribution in [3.05, 3.63) is 30.0 Å². The fourth-order valence-corrected chi connectivity index (χ4v) is 1.56. The van der Waals surface area contributed by atoms with Crippen LogP contribution in [-0.2, 0) is 0 Å². The van der Waals surface area contributed by atoms with Crippen LogP contribution in [0.2, 0.25) is 0 Å². The number of rotatable bonds is 4. The predicted octanol–water partition coefficient (Wildman–Crippen LogP) is 1.57. The molecule has 1 heterocycles. The number of nitrogens with one attached hydrogen (secondary N) is 2. The first-order chi connectivity index (χ1) is 7.81. The minimum absolute atomic E-state index is 0.852. The molecule has 16 heavy (non-hydrogen) atoms. The van der Waals surface area contributed by atoms with Gasteiger partial charge in [-0.05, 0) is 26.1 Å². The van der Waals surface area contributed by atoms with Gasteiger partial charge in [-0.2, -0.15) is 0 Å². The maximum Gasteiger partial charge on any atom is 0.148 e. The number of aryl methyl sites for hydroxylation is 1. The molecular weight excluding hydrogens is 200 g/mol. The zero-order valence-electron chi connectivity index (χ0n) is 9.62. The average molecular weight is 216 g/mol. The largest absolute Gasteiger partial charge is 0.367 e. The van der Waals surface area contributed by atoms with Gasteiger partial charge in [0.2, 0.25) is 0 Å². The molecule has 4 nitrogen and oxygen atoms in total. The van der Waals surface area contributed by atoms with Crippen LogP contribution in [0.3, 0.4) is 0 Å². The van der Waals surface area contributed by atoms with Crippen LogP contribution < -0.4 is 10.6 Å². The van der Waals surface area contributed by atoms with E-state index in [0.717, 1.165) is 35.6 Å². The Morgan fingerprint density at radius 1 is 1.06 bits per heavy atom. The van der Waals surface area contributed by atoms with Crippen LogP contribution in [0, 0.1) is 6.92 Å². The van der Waals surface area contributed by atoms with Crippen molar-refractivity contribution >= 4 is 16.9 Å². The smallest absolute Gasteiger partial charge is 0.148 e. The third kappa shape index (κ3) is 2.28. The van der Waals surface area contributed by atoms with Gasteiger partial charge in [0, 0.05) is 13.1 Å². The van der Waals surface area contributed by atoms with Gasteiger partial charge < -0.3 is 10.6 Å². The molecule has 0 aliphatic rings. The van der Waals surface area contributed by atoms with Gasteiger partial charge in [-0.3, -0.25) is 0 Å². The number of anilines is 1. The number of hydrogen-bond acceptors (Lipinski definition) is 4. The summed E-state index contributed by atoms with van der Waals surface area (Å²) >= 11 is 0. The molecule has 0 bridgehead atoms. The molecule has 0 amide bonds. The zero-order chi connectivity index (χ0) is 11.4. The van der Waals surface area contributed by atoms with Crippen LogP contribution in [0.25, 0.3) is 11.0 Å². The summed E-state index contributed by atoms with van der Waals surface area (Å²) in [5.74, 6) is 0.869. The molecule has 0 aliphatic heterocycles. The second-order valence-electron chi connectivity index (χ2n) is 3.68. The third-order valence-electron chi connectivity index (χ3n) is 2.41. The van der Waals surface area contributed by atoms with Gasteiger partial charge in [-0.25, -0.2) is 9.97 Å². The molecule has 2 rings (SSSR count). The summed E-state index contributed by atoms with van der Waals surface area (Å²) in [4.78, 5) is 9.05. The van der Waals surface area contributed by atoms with Crippen molar-refractivity contribution in [2.24, 2.45) is 0 Å². The molecule has 0 atom stereocenters. The van der Waals surface area contributed by atoms with Gasteiger partial charge in [0.15, 0.2) is 0 Å². The molecule has 0 aliphatic carbocycles. The van der Waals surface area contributed by atoms with Crippen LogP contribution >= 0.6 is 0 Å². The Kier molecular flexibility index (Phi) is 3.31. The van der Waals surface area contributed by atoms with Crippen molar-refractivity contribution in [3.8, 4) is 0 Å². The lowest BCUT2D eigenvalue weighted by Gasteiger charge is -2.08. The van der Waals surface area contributed by atoms with E-state index in [2.05, 4.69) is 20.6 Å². The van der Waals surface area contributed by atoms with E-state index in [0.29, 0.717) is 0 Å². The Labute approximate surface area is 95.1 Å². The van der Waals surface area contributed by atoms with Crippen molar-refractivity contribution < 1.29 is 0 Å². The first-order valence-corrected chi connectivity index (χ1v) is 5.43. The highest BCUT2D eigenvalue weighted by molar-refractivity contribution is 5.76. The van der Waals surface area contributed by atoms with Crippen LogP contribution in [0.5, 0.6) is 0 Å². The summed E-state index contributed by atoms with van der Waals surface area (Å²) in [6, 6.07) is 7.91. The molecule has 1 aromatic carbocycles. The van der Waals surface area contributed by atoms with Gasteiger partial charge in [0.05, 0.1) is 16.7 Å². The summed E-state index contributed by atoms with van der Waals surface area (Å²) in [6.07, 6.45) is 0. The predicted molar refractivity (Wildman–Crippen MR) is 66.7 cm³/mol. The van der Waals surface area contributed by atoms with E-state index < -0.39 is 0 Å². The Morgan fingerprint density at radius 3 is 2.44 bits per heavy atom. The molecule has 0 unspecified atom stereocenters. The lowest BCUT2D eigenvalue weighted by atomic mass is 10.3. The number of likely N-dealkylation sites (N-methyl/N-ethyl adjacent to an activating group) is 1. The highest BCUT2D eigenvalue weighted by Crippen LogP contribution is 2.15. The molecule has 0 radical (unpaired) electrons. The molecule has 0 spiro atoms. The monoisotopic (exact) mass is 216 g/mol. The number of benzene rings is 1. The van der Waals surface area contributed by atoms with Gasteiger partial charge >= 0.3 is 0 Å². The Bertz CT molecular complexity index is 481. The summed E-state index contributed by atoms with van der Waals surface area (Å²) in [5.41, 5.74) is 2.81. The molecule has 2 N–H and O–H groups in total. The number of aromatic nitrogens is 2. The van der Waals surface area contributed by atoms with Crippen molar-refractivity contribution in [3.63, 3.8) is 0 Å². The maximum atomic E-state index is 4.55. The van der Waals surface area contributed by atoms with Gasteiger partial charge in [-0.1, -0.05) is 12.1 Å². The molecule has 4 heteroatoms. The van der Waals surface area contributed by atoms with Crippen LogP contribution in [0.1, 0.15) is 5.69 Å². The van der Waals surface area contributed by atoms with E-state index in [1.165, 1.54) is 0 Å². The first-order valence-electron chi connectivity index (χ1n) is 5.43. The van der Waals surface area contributed by atoms with Gasteiger partial charge in [0.1, 0.15) is 5.82 Å². The number of para-hydroxylation sites is 2. The Balaban J connectivity index is 2.27. The second kappa shape index (κ2) is 4.90. The number of nitrogens with zero attached hydrogens (tertiary/aromatic N) is 2. The van der Waals surface area contributed by atoms with Crippen molar-refractivity contribution in [2.45, 2.75) is 6.92 Å². The van der Waals surface area contributed by atoms with Crippen LogP contribution in [0.15, 0.2) is 24.3 Å². The van der Waals surface area contributed by atoms with Gasteiger partial charge in [-0.15, -0.1) is 0 Å². The fraction of sp³-hybridized carbons (Fsp3) is 0.333. The van der Waals surface area contributed by atoms with Crippen molar-refractivity contribution in [1.29, 1.82) is 0 Å². The normalized spacial score (nSPS) is 10.6. The maximum absolute atomic E-state index is 4.55. The van der Waals surface area contributed by atoms with E-state index >= 15 is 0 Å². The Hall–Kier alpha value is -1.68. The van der Waals surface area contributed by atoms with E-state index in [9.17, 15) is 0 Å². The summed E-state index contributed by atoms with van der Waals surface area (Å²) in [5, 5.41) is 6.35. The molecule has 0 fully saturated rings. The Morgan fingerprint density at radius 2 is 1.75 bits per heavy atom. The zero-order valence-corrected chi connectivity index (χ0v) is 9.62. The standard InChI is InChI=1S/C12H16N4/c1-9-12(14-8-7-13-2)16-11-6-4-3-5-10(11)15-9/h3-6,13H,7-8H2,1-2H3,(H,14,16). The third-order valence-corrected chi connectivity index (χ3v) is 2.41.